The molecule has 0 heterocycles. The van der Waals surface area contributed by atoms with Gasteiger partial charge in [0.15, 0.2) is 0 Å². The van der Waals surface area contributed by atoms with Crippen LogP contribution < -0.4 is 11.1 Å². The van der Waals surface area contributed by atoms with Crippen molar-refractivity contribution in [2.45, 2.75) is 39.7 Å². The van der Waals surface area contributed by atoms with Crippen molar-refractivity contribution in [3.63, 3.8) is 0 Å². The van der Waals surface area contributed by atoms with E-state index in [0.717, 1.165) is 31.4 Å². The lowest BCUT2D eigenvalue weighted by Gasteiger charge is -2.22. The summed E-state index contributed by atoms with van der Waals surface area (Å²) in [6.07, 6.45) is 2.81. The molecule has 0 unspecified atom stereocenters. The predicted octanol–water partition coefficient (Wildman–Crippen LogP) is 3.51. The van der Waals surface area contributed by atoms with Crippen LogP contribution in [-0.2, 0) is 6.54 Å². The molecular formula is C15H23ClFN3O. The highest BCUT2D eigenvalue weighted by molar-refractivity contribution is 6.30. The largest absolute Gasteiger partial charge is 0.409 e. The average Bonchev–Trinajstić information content (AvgIpc) is 2.45. The Morgan fingerprint density at radius 1 is 1.43 bits per heavy atom. The Hall–Kier alpha value is -1.33. The number of rotatable bonds is 8. The molecule has 118 valence electrons. The summed E-state index contributed by atoms with van der Waals surface area (Å²) in [6, 6.07) is 4.72. The molecular weight excluding hydrogens is 293 g/mol. The van der Waals surface area contributed by atoms with E-state index in [9.17, 15) is 4.39 Å². The Balaban J connectivity index is 2.22. The van der Waals surface area contributed by atoms with Crippen molar-refractivity contribution in [1.29, 1.82) is 0 Å². The maximum atomic E-state index is 13.0. The van der Waals surface area contributed by atoms with Gasteiger partial charge in [-0.15, -0.1) is 0 Å². The minimum atomic E-state index is -0.397. The normalized spacial score (nSPS) is 12.7. The minimum absolute atomic E-state index is 0.148. The summed E-state index contributed by atoms with van der Waals surface area (Å²) in [7, 11) is 0. The number of halogens is 2. The first-order chi connectivity index (χ1) is 9.86. The van der Waals surface area contributed by atoms with Gasteiger partial charge < -0.3 is 16.3 Å². The number of oxime groups is 1. The van der Waals surface area contributed by atoms with Crippen molar-refractivity contribution in [2.24, 2.45) is 16.3 Å². The summed E-state index contributed by atoms with van der Waals surface area (Å²) >= 11 is 5.72. The highest BCUT2D eigenvalue weighted by Gasteiger charge is 2.22. The van der Waals surface area contributed by atoms with Gasteiger partial charge in [0, 0.05) is 12.0 Å². The fourth-order valence-corrected chi connectivity index (χ4v) is 2.17. The van der Waals surface area contributed by atoms with Crippen LogP contribution in [0, 0.1) is 11.2 Å². The summed E-state index contributed by atoms with van der Waals surface area (Å²) < 4.78 is 13.0. The smallest absolute Gasteiger partial charge is 0.144 e. The zero-order chi connectivity index (χ0) is 15.9. The van der Waals surface area contributed by atoms with Crippen LogP contribution in [0.1, 0.15) is 38.7 Å². The lowest BCUT2D eigenvalue weighted by molar-refractivity contribution is 0.304. The van der Waals surface area contributed by atoms with E-state index in [1.54, 1.807) is 12.1 Å². The molecule has 4 nitrogen and oxygen atoms in total. The Bertz CT molecular complexity index is 492. The van der Waals surface area contributed by atoms with Gasteiger partial charge in [-0.05, 0) is 37.1 Å². The number of amidine groups is 1. The minimum Gasteiger partial charge on any atom is -0.409 e. The average molecular weight is 316 g/mol. The molecule has 0 atom stereocenters. The Morgan fingerprint density at radius 3 is 2.76 bits per heavy atom. The van der Waals surface area contributed by atoms with E-state index < -0.39 is 5.82 Å². The van der Waals surface area contributed by atoms with E-state index >= 15 is 0 Å². The van der Waals surface area contributed by atoms with Gasteiger partial charge in [0.05, 0.1) is 5.02 Å². The van der Waals surface area contributed by atoms with Crippen LogP contribution in [0.2, 0.25) is 5.02 Å². The van der Waals surface area contributed by atoms with Crippen molar-refractivity contribution >= 4 is 17.4 Å². The number of nitrogens with zero attached hydrogens (tertiary/aromatic N) is 1. The van der Waals surface area contributed by atoms with Crippen molar-refractivity contribution < 1.29 is 9.60 Å². The molecule has 0 aliphatic heterocycles. The second-order valence-corrected chi connectivity index (χ2v) is 6.16. The van der Waals surface area contributed by atoms with Crippen LogP contribution in [0.3, 0.4) is 0 Å². The lowest BCUT2D eigenvalue weighted by atomic mass is 9.86. The zero-order valence-electron chi connectivity index (χ0n) is 12.5. The van der Waals surface area contributed by atoms with Crippen LogP contribution in [0.25, 0.3) is 0 Å². The molecule has 0 radical (unpaired) electrons. The van der Waals surface area contributed by atoms with Gasteiger partial charge in [-0.1, -0.05) is 43.1 Å². The topological polar surface area (TPSA) is 70.6 Å². The van der Waals surface area contributed by atoms with Crippen LogP contribution in [0.4, 0.5) is 4.39 Å². The summed E-state index contributed by atoms with van der Waals surface area (Å²) in [5.41, 5.74) is 6.30. The molecule has 0 saturated carbocycles. The number of nitrogens with one attached hydrogen (secondary N) is 1. The molecule has 1 rings (SSSR count). The fraction of sp³-hybridized carbons (Fsp3) is 0.533. The SMILES string of the molecule is CC(C)(CCCCNCc1ccc(F)c(Cl)c1)/C(N)=N/O. The highest BCUT2D eigenvalue weighted by Crippen LogP contribution is 2.23. The first-order valence-corrected chi connectivity index (χ1v) is 7.37. The van der Waals surface area contributed by atoms with Crippen LogP contribution >= 0.6 is 11.6 Å². The number of unbranched alkanes of at least 4 members (excludes halogenated alkanes) is 1. The molecule has 0 saturated heterocycles. The van der Waals surface area contributed by atoms with Gasteiger partial charge in [-0.2, -0.15) is 0 Å². The van der Waals surface area contributed by atoms with Gasteiger partial charge in [0.1, 0.15) is 11.7 Å². The molecule has 0 aliphatic rings. The van der Waals surface area contributed by atoms with E-state index in [0.29, 0.717) is 6.54 Å². The number of nitrogens with two attached hydrogens (primary N) is 1. The third-order valence-corrected chi connectivity index (χ3v) is 3.81. The van der Waals surface area contributed by atoms with Gasteiger partial charge >= 0.3 is 0 Å². The monoisotopic (exact) mass is 315 g/mol. The molecule has 0 aliphatic carbocycles. The van der Waals surface area contributed by atoms with E-state index in [-0.39, 0.29) is 16.3 Å². The molecule has 21 heavy (non-hydrogen) atoms. The summed E-state index contributed by atoms with van der Waals surface area (Å²) in [6.45, 7) is 5.41. The van der Waals surface area contributed by atoms with Gasteiger partial charge in [0.25, 0.3) is 0 Å². The van der Waals surface area contributed by atoms with Crippen molar-refractivity contribution in [3.8, 4) is 0 Å². The van der Waals surface area contributed by atoms with Crippen LogP contribution in [0.5, 0.6) is 0 Å². The van der Waals surface area contributed by atoms with Crippen LogP contribution in [0.15, 0.2) is 23.4 Å². The predicted molar refractivity (Wildman–Crippen MR) is 84.2 cm³/mol. The van der Waals surface area contributed by atoms with E-state index in [4.69, 9.17) is 22.5 Å². The van der Waals surface area contributed by atoms with Crippen LogP contribution in [-0.4, -0.2) is 17.6 Å². The molecule has 4 N–H and O–H groups in total. The third-order valence-electron chi connectivity index (χ3n) is 3.52. The van der Waals surface area contributed by atoms with Crippen molar-refractivity contribution in [3.05, 3.63) is 34.6 Å². The number of benzene rings is 1. The number of hydrogen-bond donors (Lipinski definition) is 3. The second-order valence-electron chi connectivity index (χ2n) is 5.75. The summed E-state index contributed by atoms with van der Waals surface area (Å²) in [4.78, 5) is 0. The molecule has 1 aromatic rings. The zero-order valence-corrected chi connectivity index (χ0v) is 13.3. The summed E-state index contributed by atoms with van der Waals surface area (Å²) in [5.74, 6) is -0.137. The molecule has 0 aromatic heterocycles. The molecule has 0 amide bonds. The lowest BCUT2D eigenvalue weighted by Crippen LogP contribution is -2.32. The first-order valence-electron chi connectivity index (χ1n) is 6.99. The van der Waals surface area contributed by atoms with Gasteiger partial charge in [0.2, 0.25) is 0 Å². The maximum Gasteiger partial charge on any atom is 0.144 e. The Kier molecular flexibility index (Phi) is 6.92. The fourth-order valence-electron chi connectivity index (χ4n) is 1.96. The third kappa shape index (κ3) is 5.89. The Morgan fingerprint density at radius 2 is 2.14 bits per heavy atom. The molecule has 0 bridgehead atoms. The second kappa shape index (κ2) is 8.20. The molecule has 0 spiro atoms. The first kappa shape index (κ1) is 17.7. The van der Waals surface area contributed by atoms with Crippen molar-refractivity contribution in [1.82, 2.24) is 5.32 Å². The summed E-state index contributed by atoms with van der Waals surface area (Å²) in [5, 5.41) is 15.2. The standard InChI is InChI=1S/C15H23ClFN3O/c1-15(2,14(18)20-21)7-3-4-8-19-10-11-5-6-13(17)12(16)9-11/h5-6,9,19,21H,3-4,7-8,10H2,1-2H3,(H2,18,20). The number of hydrogen-bond acceptors (Lipinski definition) is 3. The quantitative estimate of drug-likeness (QED) is 0.226. The molecule has 6 heteroatoms. The maximum absolute atomic E-state index is 13.0. The highest BCUT2D eigenvalue weighted by atomic mass is 35.5. The van der Waals surface area contributed by atoms with E-state index in [1.165, 1.54) is 6.07 Å². The van der Waals surface area contributed by atoms with Gasteiger partial charge in [-0.3, -0.25) is 0 Å². The van der Waals surface area contributed by atoms with E-state index in [2.05, 4.69) is 10.5 Å². The Labute approximate surface area is 130 Å². The molecule has 0 fully saturated rings. The van der Waals surface area contributed by atoms with Gasteiger partial charge in [-0.25, -0.2) is 4.39 Å². The van der Waals surface area contributed by atoms with E-state index in [1.807, 2.05) is 13.8 Å². The van der Waals surface area contributed by atoms with Crippen molar-refractivity contribution in [2.75, 3.05) is 6.54 Å². The molecule has 1 aromatic carbocycles.